The van der Waals surface area contributed by atoms with Crippen LogP contribution in [0, 0.1) is 0 Å². The molecular weight excluding hydrogens is 749 g/mol. The third-order valence-corrected chi connectivity index (χ3v) is 12.6. The Labute approximate surface area is 360 Å². The molecule has 62 heavy (non-hydrogen) atoms. The van der Waals surface area contributed by atoms with Gasteiger partial charge < -0.3 is 9.30 Å². The fourth-order valence-electron chi connectivity index (χ4n) is 9.62. The maximum atomic E-state index is 2.41. The summed E-state index contributed by atoms with van der Waals surface area (Å²) in [7, 11) is 0. The van der Waals surface area contributed by atoms with Crippen LogP contribution >= 0.6 is 0 Å². The van der Waals surface area contributed by atoms with Crippen molar-refractivity contribution >= 4 is 65.8 Å². The van der Waals surface area contributed by atoms with Gasteiger partial charge in [-0.1, -0.05) is 194 Å². The van der Waals surface area contributed by atoms with Gasteiger partial charge in [0.15, 0.2) is 0 Å². The first-order valence-electron chi connectivity index (χ1n) is 21.3. The highest BCUT2D eigenvalue weighted by molar-refractivity contribution is 6.12. The Morgan fingerprint density at radius 2 is 0.710 bits per heavy atom. The highest BCUT2D eigenvalue weighted by Crippen LogP contribution is 2.43. The third kappa shape index (κ3) is 6.04. The van der Waals surface area contributed by atoms with E-state index in [2.05, 4.69) is 252 Å². The standard InChI is InChI=1S/C60H40N2/c1-2-15-46(16-3-1)59-57-26-12-25-56(60(57)61-40-48-18-5-4-17-47(48)39-58(59)61)45-31-37-51(38-32-45)62(49-33-27-43(28-34-49)54-23-10-19-41-13-6-8-21-52(41)54)50-35-29-44(30-36-50)55-24-11-20-42-14-7-9-22-53(42)55/h1-40H. The Bertz CT molecular complexity index is 3470. The molecule has 290 valence electrons. The van der Waals surface area contributed by atoms with Gasteiger partial charge in [-0.2, -0.15) is 0 Å². The summed E-state index contributed by atoms with van der Waals surface area (Å²) < 4.78 is 2.41. The Morgan fingerprint density at radius 3 is 1.27 bits per heavy atom. The van der Waals surface area contributed by atoms with Crippen LogP contribution in [0.4, 0.5) is 17.1 Å². The minimum Gasteiger partial charge on any atom is -0.315 e. The van der Waals surface area contributed by atoms with Gasteiger partial charge in [0.1, 0.15) is 0 Å². The normalized spacial score (nSPS) is 11.5. The molecule has 0 radical (unpaired) electrons. The largest absolute Gasteiger partial charge is 0.315 e. The molecule has 0 saturated heterocycles. The summed E-state index contributed by atoms with van der Waals surface area (Å²) in [5, 5.41) is 8.71. The zero-order valence-electron chi connectivity index (χ0n) is 34.0. The van der Waals surface area contributed by atoms with Crippen LogP contribution in [0.5, 0.6) is 0 Å². The maximum Gasteiger partial charge on any atom is 0.0613 e. The van der Waals surface area contributed by atoms with E-state index in [0.29, 0.717) is 0 Å². The van der Waals surface area contributed by atoms with Crippen LogP contribution in [-0.4, -0.2) is 4.40 Å². The second kappa shape index (κ2) is 14.8. The molecule has 0 fully saturated rings. The van der Waals surface area contributed by atoms with Crippen molar-refractivity contribution in [3.63, 3.8) is 0 Å². The van der Waals surface area contributed by atoms with Crippen LogP contribution in [0.15, 0.2) is 243 Å². The lowest BCUT2D eigenvalue weighted by Crippen LogP contribution is -2.09. The van der Waals surface area contributed by atoms with Crippen molar-refractivity contribution in [1.82, 2.24) is 4.40 Å². The predicted molar refractivity (Wildman–Crippen MR) is 264 cm³/mol. The molecular formula is C60H40N2. The van der Waals surface area contributed by atoms with Gasteiger partial charge in [0.05, 0.1) is 11.0 Å². The third-order valence-electron chi connectivity index (χ3n) is 12.6. The fraction of sp³-hybridized carbons (Fsp3) is 0. The molecule has 12 rings (SSSR count). The van der Waals surface area contributed by atoms with E-state index in [1.54, 1.807) is 0 Å². The highest BCUT2D eigenvalue weighted by Gasteiger charge is 2.19. The molecule has 10 aromatic carbocycles. The molecule has 0 spiro atoms. The zero-order chi connectivity index (χ0) is 41.0. The number of aromatic nitrogens is 1. The van der Waals surface area contributed by atoms with Crippen LogP contribution in [0.3, 0.4) is 0 Å². The summed E-state index contributed by atoms with van der Waals surface area (Å²) in [6.07, 6.45) is 2.31. The molecule has 2 heterocycles. The summed E-state index contributed by atoms with van der Waals surface area (Å²) in [6, 6.07) is 86.1. The van der Waals surface area contributed by atoms with E-state index in [0.717, 1.165) is 17.1 Å². The molecule has 0 aliphatic heterocycles. The van der Waals surface area contributed by atoms with Crippen molar-refractivity contribution in [3.8, 4) is 44.5 Å². The summed E-state index contributed by atoms with van der Waals surface area (Å²) in [5.41, 5.74) is 15.4. The summed E-state index contributed by atoms with van der Waals surface area (Å²) in [5.74, 6) is 0. The quantitative estimate of drug-likeness (QED) is 0.156. The van der Waals surface area contributed by atoms with Gasteiger partial charge in [0.2, 0.25) is 0 Å². The SMILES string of the molecule is c1ccc(-c2c3cccc(-c4ccc(N(c5ccc(-c6cccc7ccccc67)cc5)c5ccc(-c6cccc7ccccc67)cc5)cc4)c3n3cc4ccccc4cc23)cc1. The second-order valence-corrected chi connectivity index (χ2v) is 16.1. The monoisotopic (exact) mass is 788 g/mol. The van der Waals surface area contributed by atoms with E-state index in [4.69, 9.17) is 0 Å². The molecule has 0 bridgehead atoms. The van der Waals surface area contributed by atoms with Crippen LogP contribution in [0.1, 0.15) is 0 Å². The molecule has 0 unspecified atom stereocenters. The van der Waals surface area contributed by atoms with E-state index in [1.165, 1.54) is 93.2 Å². The number of rotatable bonds is 7. The number of anilines is 3. The summed E-state index contributed by atoms with van der Waals surface area (Å²) >= 11 is 0. The van der Waals surface area contributed by atoms with Gasteiger partial charge in [-0.05, 0) is 108 Å². The van der Waals surface area contributed by atoms with Gasteiger partial charge >= 0.3 is 0 Å². The molecule has 2 nitrogen and oxygen atoms in total. The molecule has 12 aromatic rings. The van der Waals surface area contributed by atoms with Crippen molar-refractivity contribution in [2.24, 2.45) is 0 Å². The fourth-order valence-corrected chi connectivity index (χ4v) is 9.62. The number of benzene rings is 10. The lowest BCUT2D eigenvalue weighted by molar-refractivity contribution is 1.27. The zero-order valence-corrected chi connectivity index (χ0v) is 34.0. The summed E-state index contributed by atoms with van der Waals surface area (Å²) in [4.78, 5) is 2.37. The number of pyridine rings is 1. The predicted octanol–water partition coefficient (Wildman–Crippen LogP) is 16.7. The van der Waals surface area contributed by atoms with E-state index >= 15 is 0 Å². The molecule has 2 heteroatoms. The molecule has 0 aliphatic rings. The van der Waals surface area contributed by atoms with Gasteiger partial charge in [-0.3, -0.25) is 0 Å². The van der Waals surface area contributed by atoms with Crippen molar-refractivity contribution in [2.75, 3.05) is 4.90 Å². The van der Waals surface area contributed by atoms with Crippen LogP contribution < -0.4 is 4.90 Å². The minimum absolute atomic E-state index is 1.09. The number of hydrogen-bond acceptors (Lipinski definition) is 1. The first kappa shape index (κ1) is 35.7. The topological polar surface area (TPSA) is 7.65 Å². The van der Waals surface area contributed by atoms with E-state index in [1.807, 2.05) is 0 Å². The molecule has 0 N–H and O–H groups in total. The molecule has 0 atom stereocenters. The average molecular weight is 789 g/mol. The molecule has 2 aromatic heterocycles. The van der Waals surface area contributed by atoms with E-state index in [-0.39, 0.29) is 0 Å². The first-order valence-corrected chi connectivity index (χ1v) is 21.3. The summed E-state index contributed by atoms with van der Waals surface area (Å²) in [6.45, 7) is 0. The van der Waals surface area contributed by atoms with Crippen molar-refractivity contribution in [3.05, 3.63) is 243 Å². The minimum atomic E-state index is 1.09. The Balaban J connectivity index is 0.986. The van der Waals surface area contributed by atoms with Gasteiger partial charge in [0, 0.05) is 39.8 Å². The average Bonchev–Trinajstić information content (AvgIpc) is 3.67. The van der Waals surface area contributed by atoms with Crippen molar-refractivity contribution < 1.29 is 0 Å². The number of para-hydroxylation sites is 1. The molecule has 0 amide bonds. The van der Waals surface area contributed by atoms with Crippen molar-refractivity contribution in [1.29, 1.82) is 0 Å². The van der Waals surface area contributed by atoms with Crippen molar-refractivity contribution in [2.45, 2.75) is 0 Å². The van der Waals surface area contributed by atoms with E-state index < -0.39 is 0 Å². The lowest BCUT2D eigenvalue weighted by atomic mass is 9.97. The van der Waals surface area contributed by atoms with Gasteiger partial charge in [-0.25, -0.2) is 0 Å². The Hall–Kier alpha value is -8.20. The first-order chi connectivity index (χ1) is 30.7. The number of nitrogens with zero attached hydrogens (tertiary/aromatic N) is 2. The van der Waals surface area contributed by atoms with Crippen LogP contribution in [-0.2, 0) is 0 Å². The number of fused-ring (bicyclic) bond motifs is 6. The van der Waals surface area contributed by atoms with Crippen LogP contribution in [0.2, 0.25) is 0 Å². The lowest BCUT2D eigenvalue weighted by Gasteiger charge is -2.26. The van der Waals surface area contributed by atoms with Gasteiger partial charge in [0.25, 0.3) is 0 Å². The highest BCUT2D eigenvalue weighted by atomic mass is 15.1. The maximum absolute atomic E-state index is 2.41. The Morgan fingerprint density at radius 1 is 0.290 bits per heavy atom. The van der Waals surface area contributed by atoms with E-state index in [9.17, 15) is 0 Å². The smallest absolute Gasteiger partial charge is 0.0613 e. The Kier molecular flexibility index (Phi) is 8.53. The molecule has 0 aliphatic carbocycles. The second-order valence-electron chi connectivity index (χ2n) is 16.1. The number of hydrogen-bond donors (Lipinski definition) is 0. The van der Waals surface area contributed by atoms with Crippen LogP contribution in [0.25, 0.3) is 93.2 Å². The molecule has 0 saturated carbocycles. The van der Waals surface area contributed by atoms with Gasteiger partial charge in [-0.15, -0.1) is 0 Å².